The lowest BCUT2D eigenvalue weighted by Crippen LogP contribution is -2.18. The molecule has 1 saturated carbocycles. The van der Waals surface area contributed by atoms with Gasteiger partial charge < -0.3 is 5.32 Å². The Morgan fingerprint density at radius 3 is 2.67 bits per heavy atom. The second kappa shape index (κ2) is 5.89. The van der Waals surface area contributed by atoms with Gasteiger partial charge in [0, 0.05) is 18.6 Å². The molecular formula is C19H24N4O. The molecule has 2 heterocycles. The molecule has 0 radical (unpaired) electrons. The van der Waals surface area contributed by atoms with Crippen molar-refractivity contribution in [2.75, 3.05) is 5.32 Å². The Morgan fingerprint density at radius 2 is 2.04 bits per heavy atom. The van der Waals surface area contributed by atoms with E-state index in [1.807, 2.05) is 29.8 Å². The summed E-state index contributed by atoms with van der Waals surface area (Å²) in [7, 11) is 0. The van der Waals surface area contributed by atoms with Crippen molar-refractivity contribution >= 4 is 11.6 Å². The van der Waals surface area contributed by atoms with Crippen LogP contribution in [0, 0.1) is 24.2 Å². The van der Waals surface area contributed by atoms with Crippen LogP contribution >= 0.6 is 0 Å². The maximum Gasteiger partial charge on any atom is 0.228 e. The summed E-state index contributed by atoms with van der Waals surface area (Å²) in [5, 5.41) is 3.07. The molecule has 1 amide bonds. The van der Waals surface area contributed by atoms with Crippen LogP contribution in [0.4, 0.5) is 5.69 Å². The van der Waals surface area contributed by atoms with E-state index in [2.05, 4.69) is 49.1 Å². The summed E-state index contributed by atoms with van der Waals surface area (Å²) in [6.45, 7) is 10.3. The maximum atomic E-state index is 12.8. The van der Waals surface area contributed by atoms with Gasteiger partial charge in [0.15, 0.2) is 5.82 Å². The minimum absolute atomic E-state index is 0.00531. The molecule has 0 unspecified atom stereocenters. The average Bonchev–Trinajstić information content (AvgIpc) is 2.83. The SMILES string of the molecule is CC(C)=C[C@H]1[C@H](C(=O)Nc2cccnc2-n2ccnc2C)C1(C)C. The van der Waals surface area contributed by atoms with Gasteiger partial charge in [-0.3, -0.25) is 9.36 Å². The van der Waals surface area contributed by atoms with E-state index in [1.54, 1.807) is 12.4 Å². The van der Waals surface area contributed by atoms with Crippen molar-refractivity contribution in [1.29, 1.82) is 0 Å². The normalized spacial score (nSPS) is 21.2. The number of amides is 1. The first-order valence-electron chi connectivity index (χ1n) is 8.23. The van der Waals surface area contributed by atoms with E-state index < -0.39 is 0 Å². The second-order valence-electron chi connectivity index (χ2n) is 7.28. The van der Waals surface area contributed by atoms with Crippen molar-refractivity contribution in [3.8, 4) is 5.82 Å². The summed E-state index contributed by atoms with van der Waals surface area (Å²) >= 11 is 0. The molecule has 5 heteroatoms. The Bertz CT molecular complexity index is 799. The molecule has 1 N–H and O–H groups in total. The van der Waals surface area contributed by atoms with Crippen LogP contribution < -0.4 is 5.32 Å². The van der Waals surface area contributed by atoms with Crippen molar-refractivity contribution in [2.24, 2.45) is 17.3 Å². The standard InChI is InChI=1S/C19H24N4O/c1-12(2)11-14-16(19(14,4)5)18(24)22-15-7-6-8-21-17(15)23-10-9-20-13(23)3/h6-11,14,16H,1-5H3,(H,22,24)/t14-,16+/m0/s1. The van der Waals surface area contributed by atoms with E-state index in [0.29, 0.717) is 11.5 Å². The number of hydrogen-bond donors (Lipinski definition) is 1. The summed E-state index contributed by atoms with van der Waals surface area (Å²) in [5.41, 5.74) is 1.95. The van der Waals surface area contributed by atoms with E-state index in [4.69, 9.17) is 0 Å². The lowest BCUT2D eigenvalue weighted by molar-refractivity contribution is -0.118. The molecule has 2 aromatic heterocycles. The van der Waals surface area contributed by atoms with Crippen LogP contribution in [-0.4, -0.2) is 20.4 Å². The fraction of sp³-hybridized carbons (Fsp3) is 0.421. The number of aromatic nitrogens is 3. The van der Waals surface area contributed by atoms with Gasteiger partial charge in [0.25, 0.3) is 0 Å². The maximum absolute atomic E-state index is 12.8. The summed E-state index contributed by atoms with van der Waals surface area (Å²) in [5.74, 6) is 1.85. The van der Waals surface area contributed by atoms with Gasteiger partial charge in [-0.2, -0.15) is 0 Å². The van der Waals surface area contributed by atoms with Crippen molar-refractivity contribution in [1.82, 2.24) is 14.5 Å². The van der Waals surface area contributed by atoms with Crippen LogP contribution in [0.5, 0.6) is 0 Å². The van der Waals surface area contributed by atoms with E-state index in [1.165, 1.54) is 5.57 Å². The van der Waals surface area contributed by atoms with Crippen LogP contribution in [0.15, 0.2) is 42.4 Å². The number of aryl methyl sites for hydroxylation is 1. The monoisotopic (exact) mass is 324 g/mol. The van der Waals surface area contributed by atoms with Gasteiger partial charge in [0.2, 0.25) is 5.91 Å². The van der Waals surface area contributed by atoms with Gasteiger partial charge in [-0.1, -0.05) is 25.5 Å². The zero-order valence-electron chi connectivity index (χ0n) is 14.9. The molecule has 0 spiro atoms. The molecule has 0 aromatic carbocycles. The number of imidazole rings is 1. The number of rotatable bonds is 4. The number of allylic oxidation sites excluding steroid dienone is 2. The minimum atomic E-state index is -0.00987. The molecule has 0 aliphatic heterocycles. The van der Waals surface area contributed by atoms with Crippen molar-refractivity contribution in [3.05, 3.63) is 48.2 Å². The third-order valence-electron chi connectivity index (χ3n) is 4.80. The molecular weight excluding hydrogens is 300 g/mol. The fourth-order valence-corrected chi connectivity index (χ4v) is 3.35. The predicted octanol–water partition coefficient (Wildman–Crippen LogP) is 3.75. The molecule has 1 aliphatic rings. The molecule has 126 valence electrons. The topological polar surface area (TPSA) is 59.8 Å². The minimum Gasteiger partial charge on any atom is -0.323 e. The molecule has 5 nitrogen and oxygen atoms in total. The fourth-order valence-electron chi connectivity index (χ4n) is 3.35. The van der Waals surface area contributed by atoms with Gasteiger partial charge in [-0.15, -0.1) is 0 Å². The van der Waals surface area contributed by atoms with E-state index in [0.717, 1.165) is 5.82 Å². The molecule has 0 bridgehead atoms. The van der Waals surface area contributed by atoms with Crippen LogP contribution in [0.2, 0.25) is 0 Å². The first-order chi connectivity index (χ1) is 11.3. The first-order valence-corrected chi connectivity index (χ1v) is 8.23. The quantitative estimate of drug-likeness (QED) is 0.871. The molecule has 2 atom stereocenters. The highest BCUT2D eigenvalue weighted by molar-refractivity contribution is 5.97. The molecule has 1 fully saturated rings. The lowest BCUT2D eigenvalue weighted by atomic mass is 10.1. The molecule has 2 aromatic rings. The number of hydrogen-bond acceptors (Lipinski definition) is 3. The van der Waals surface area contributed by atoms with Crippen LogP contribution in [0.25, 0.3) is 5.82 Å². The van der Waals surface area contributed by atoms with Gasteiger partial charge in [-0.25, -0.2) is 9.97 Å². The highest BCUT2D eigenvalue weighted by Gasteiger charge is 2.60. The second-order valence-corrected chi connectivity index (χ2v) is 7.28. The van der Waals surface area contributed by atoms with E-state index >= 15 is 0 Å². The first kappa shape index (κ1) is 16.4. The zero-order chi connectivity index (χ0) is 17.5. The van der Waals surface area contributed by atoms with Crippen LogP contribution in [0.1, 0.15) is 33.5 Å². The average molecular weight is 324 g/mol. The lowest BCUT2D eigenvalue weighted by Gasteiger charge is -2.12. The van der Waals surface area contributed by atoms with Crippen molar-refractivity contribution in [2.45, 2.75) is 34.6 Å². The third kappa shape index (κ3) is 2.86. The number of pyridine rings is 1. The Labute approximate surface area is 142 Å². The summed E-state index contributed by atoms with van der Waals surface area (Å²) in [6.07, 6.45) is 7.50. The van der Waals surface area contributed by atoms with Crippen molar-refractivity contribution in [3.63, 3.8) is 0 Å². The number of nitrogens with one attached hydrogen (secondary N) is 1. The molecule has 1 aliphatic carbocycles. The van der Waals surface area contributed by atoms with Crippen molar-refractivity contribution < 1.29 is 4.79 Å². The van der Waals surface area contributed by atoms with Gasteiger partial charge >= 0.3 is 0 Å². The van der Waals surface area contributed by atoms with E-state index in [9.17, 15) is 4.79 Å². The van der Waals surface area contributed by atoms with Gasteiger partial charge in [0.05, 0.1) is 11.6 Å². The van der Waals surface area contributed by atoms with Gasteiger partial charge in [0.1, 0.15) is 5.82 Å². The van der Waals surface area contributed by atoms with E-state index in [-0.39, 0.29) is 23.2 Å². The zero-order valence-corrected chi connectivity index (χ0v) is 14.9. The summed E-state index contributed by atoms with van der Waals surface area (Å²) < 4.78 is 1.88. The summed E-state index contributed by atoms with van der Waals surface area (Å²) in [4.78, 5) is 21.4. The number of carbonyl (C=O) groups excluding carboxylic acids is 1. The summed E-state index contributed by atoms with van der Waals surface area (Å²) in [6, 6.07) is 3.71. The molecule has 0 saturated heterocycles. The Balaban J connectivity index is 1.84. The number of nitrogens with zero attached hydrogens (tertiary/aromatic N) is 3. The highest BCUT2D eigenvalue weighted by Crippen LogP contribution is 2.59. The van der Waals surface area contributed by atoms with Crippen LogP contribution in [0.3, 0.4) is 0 Å². The van der Waals surface area contributed by atoms with Crippen LogP contribution in [-0.2, 0) is 4.79 Å². The predicted molar refractivity (Wildman–Crippen MR) is 94.9 cm³/mol. The Morgan fingerprint density at radius 1 is 1.29 bits per heavy atom. The molecule has 3 rings (SSSR count). The number of anilines is 1. The Hall–Kier alpha value is -2.43. The third-order valence-corrected chi connectivity index (χ3v) is 4.80. The Kier molecular flexibility index (Phi) is 4.03. The highest BCUT2D eigenvalue weighted by atomic mass is 16.2. The molecule has 24 heavy (non-hydrogen) atoms. The smallest absolute Gasteiger partial charge is 0.228 e. The van der Waals surface area contributed by atoms with Gasteiger partial charge in [-0.05, 0) is 44.2 Å². The largest absolute Gasteiger partial charge is 0.323 e. The number of carbonyl (C=O) groups is 1.